The largest absolute Gasteiger partial charge is 0.431 e. The quantitative estimate of drug-likeness (QED) is 0.936. The summed E-state index contributed by atoms with van der Waals surface area (Å²) in [5, 5.41) is 1.18. The first-order valence-electron chi connectivity index (χ1n) is 4.47. The Morgan fingerprint density at radius 1 is 1.50 bits per heavy atom. The molecule has 1 aromatic carbocycles. The molecule has 0 bridgehead atoms. The van der Waals surface area contributed by atoms with Crippen LogP contribution in [0.5, 0.6) is 10.9 Å². The number of hydrogen-bond donors (Lipinski definition) is 1. The fourth-order valence-electron chi connectivity index (χ4n) is 1.11. The summed E-state index contributed by atoms with van der Waals surface area (Å²) < 4.78 is 6.29. The van der Waals surface area contributed by atoms with Gasteiger partial charge in [-0.25, -0.2) is 0 Å². The van der Waals surface area contributed by atoms with Gasteiger partial charge in [-0.3, -0.25) is 0 Å². The maximum Gasteiger partial charge on any atom is 0.280 e. The fraction of sp³-hybridized carbons (Fsp3) is 0.100. The molecule has 0 aliphatic rings. The second kappa shape index (κ2) is 5.14. The Labute approximate surface area is 110 Å². The zero-order chi connectivity index (χ0) is 11.5. The summed E-state index contributed by atoms with van der Waals surface area (Å²) in [6.45, 7) is 0.442. The number of rotatable bonds is 3. The van der Waals surface area contributed by atoms with Gasteiger partial charge in [0.05, 0.1) is 4.88 Å². The maximum absolute atomic E-state index is 5.85. The van der Waals surface area contributed by atoms with Gasteiger partial charge in [-0.05, 0) is 34.1 Å². The first-order chi connectivity index (χ1) is 7.69. The van der Waals surface area contributed by atoms with Crippen LogP contribution in [0.4, 0.5) is 0 Å². The standard InChI is InChI=1S/C10H8BrClN2OS/c11-9-8(5-13)16-10(14-9)15-7-3-1-2-6(12)4-7/h1-4H,5,13H2. The molecule has 0 unspecified atom stereocenters. The number of hydrogen-bond acceptors (Lipinski definition) is 4. The molecular formula is C10H8BrClN2OS. The number of halogens is 2. The maximum atomic E-state index is 5.85. The summed E-state index contributed by atoms with van der Waals surface area (Å²) in [6, 6.07) is 7.17. The first-order valence-corrected chi connectivity index (χ1v) is 6.46. The lowest BCUT2D eigenvalue weighted by Crippen LogP contribution is -1.92. The molecule has 0 amide bonds. The molecule has 0 fully saturated rings. The van der Waals surface area contributed by atoms with Gasteiger partial charge in [-0.2, -0.15) is 4.98 Å². The van der Waals surface area contributed by atoms with Crippen LogP contribution in [0.15, 0.2) is 28.9 Å². The average molecular weight is 320 g/mol. The van der Waals surface area contributed by atoms with Gasteiger partial charge in [0.2, 0.25) is 0 Å². The van der Waals surface area contributed by atoms with Crippen LogP contribution in [0, 0.1) is 0 Å². The molecule has 0 saturated heterocycles. The van der Waals surface area contributed by atoms with Gasteiger partial charge in [0.15, 0.2) is 0 Å². The molecule has 0 spiro atoms. The second-order valence-electron chi connectivity index (χ2n) is 2.96. The summed E-state index contributed by atoms with van der Waals surface area (Å²) in [5.41, 5.74) is 5.55. The second-order valence-corrected chi connectivity index (χ2v) is 5.19. The van der Waals surface area contributed by atoms with Crippen LogP contribution in [0.1, 0.15) is 4.88 Å². The molecule has 0 aliphatic heterocycles. The normalized spacial score (nSPS) is 10.4. The molecule has 0 radical (unpaired) electrons. The van der Waals surface area contributed by atoms with Crippen LogP contribution in [0.2, 0.25) is 5.02 Å². The topological polar surface area (TPSA) is 48.1 Å². The first kappa shape index (κ1) is 11.9. The Hall–Kier alpha value is -0.620. The Bertz CT molecular complexity index is 503. The van der Waals surface area contributed by atoms with Gasteiger partial charge < -0.3 is 10.5 Å². The molecule has 3 nitrogen and oxygen atoms in total. The Kier molecular flexibility index (Phi) is 3.81. The van der Waals surface area contributed by atoms with Gasteiger partial charge in [0.25, 0.3) is 5.19 Å². The van der Waals surface area contributed by atoms with E-state index in [2.05, 4.69) is 20.9 Å². The highest BCUT2D eigenvalue weighted by atomic mass is 79.9. The predicted octanol–water partition coefficient (Wildman–Crippen LogP) is 3.81. The third-order valence-electron chi connectivity index (χ3n) is 1.82. The number of thiazole rings is 1. The monoisotopic (exact) mass is 318 g/mol. The van der Waals surface area contributed by atoms with Crippen LogP contribution in [-0.2, 0) is 6.54 Å². The molecule has 2 aromatic rings. The summed E-state index contributed by atoms with van der Waals surface area (Å²) >= 11 is 10.6. The van der Waals surface area contributed by atoms with Crippen molar-refractivity contribution in [2.75, 3.05) is 0 Å². The lowest BCUT2D eigenvalue weighted by Gasteiger charge is -2.00. The minimum absolute atomic E-state index is 0.442. The third kappa shape index (κ3) is 2.74. The number of ether oxygens (including phenoxy) is 1. The van der Waals surface area contributed by atoms with Crippen LogP contribution in [0.25, 0.3) is 0 Å². The van der Waals surface area contributed by atoms with Crippen molar-refractivity contribution in [3.8, 4) is 10.9 Å². The minimum Gasteiger partial charge on any atom is -0.431 e. The van der Waals surface area contributed by atoms with Crippen molar-refractivity contribution in [1.29, 1.82) is 0 Å². The summed E-state index contributed by atoms with van der Waals surface area (Å²) in [4.78, 5) is 5.15. The van der Waals surface area contributed by atoms with E-state index in [0.717, 1.165) is 9.48 Å². The average Bonchev–Trinajstić information content (AvgIpc) is 2.58. The SMILES string of the molecule is NCc1sc(Oc2cccc(Cl)c2)nc1Br. The highest BCUT2D eigenvalue weighted by Gasteiger charge is 2.09. The van der Waals surface area contributed by atoms with Gasteiger partial charge in [0.1, 0.15) is 10.4 Å². The van der Waals surface area contributed by atoms with E-state index in [-0.39, 0.29) is 0 Å². The third-order valence-corrected chi connectivity index (χ3v) is 3.93. The van der Waals surface area contributed by atoms with Crippen LogP contribution in [-0.4, -0.2) is 4.98 Å². The minimum atomic E-state index is 0.442. The van der Waals surface area contributed by atoms with E-state index in [1.807, 2.05) is 12.1 Å². The Balaban J connectivity index is 2.20. The smallest absolute Gasteiger partial charge is 0.280 e. The van der Waals surface area contributed by atoms with E-state index in [1.165, 1.54) is 11.3 Å². The fourth-order valence-corrected chi connectivity index (χ4v) is 2.68. The van der Waals surface area contributed by atoms with Crippen molar-refractivity contribution >= 4 is 38.9 Å². The lowest BCUT2D eigenvalue weighted by atomic mass is 10.3. The molecule has 84 valence electrons. The Morgan fingerprint density at radius 2 is 2.31 bits per heavy atom. The lowest BCUT2D eigenvalue weighted by molar-refractivity contribution is 0.478. The van der Waals surface area contributed by atoms with E-state index in [0.29, 0.717) is 22.5 Å². The Morgan fingerprint density at radius 3 is 2.94 bits per heavy atom. The molecule has 2 rings (SSSR count). The zero-order valence-electron chi connectivity index (χ0n) is 8.11. The number of nitrogens with two attached hydrogens (primary N) is 1. The van der Waals surface area contributed by atoms with Gasteiger partial charge in [-0.1, -0.05) is 29.0 Å². The number of benzene rings is 1. The van der Waals surface area contributed by atoms with Crippen LogP contribution < -0.4 is 10.5 Å². The van der Waals surface area contributed by atoms with Crippen molar-refractivity contribution < 1.29 is 4.74 Å². The zero-order valence-corrected chi connectivity index (χ0v) is 11.3. The van der Waals surface area contributed by atoms with E-state index < -0.39 is 0 Å². The predicted molar refractivity (Wildman–Crippen MR) is 69.2 cm³/mol. The van der Waals surface area contributed by atoms with Crippen LogP contribution in [0.3, 0.4) is 0 Å². The number of nitrogens with zero attached hydrogens (tertiary/aromatic N) is 1. The highest BCUT2D eigenvalue weighted by Crippen LogP contribution is 2.32. The summed E-state index contributed by atoms with van der Waals surface area (Å²) in [7, 11) is 0. The van der Waals surface area contributed by atoms with Gasteiger partial charge in [-0.15, -0.1) is 0 Å². The molecular weight excluding hydrogens is 312 g/mol. The van der Waals surface area contributed by atoms with Crippen molar-refractivity contribution in [1.82, 2.24) is 4.98 Å². The van der Waals surface area contributed by atoms with E-state index in [4.69, 9.17) is 22.1 Å². The van der Waals surface area contributed by atoms with Crippen LogP contribution >= 0.6 is 38.9 Å². The van der Waals surface area contributed by atoms with Crippen molar-refractivity contribution in [3.05, 3.63) is 38.8 Å². The molecule has 6 heteroatoms. The van der Waals surface area contributed by atoms with Crippen molar-refractivity contribution in [3.63, 3.8) is 0 Å². The summed E-state index contributed by atoms with van der Waals surface area (Å²) in [6.07, 6.45) is 0. The molecule has 16 heavy (non-hydrogen) atoms. The molecule has 1 heterocycles. The van der Waals surface area contributed by atoms with Gasteiger partial charge in [0, 0.05) is 11.6 Å². The van der Waals surface area contributed by atoms with E-state index in [1.54, 1.807) is 12.1 Å². The number of aromatic nitrogens is 1. The molecule has 0 atom stereocenters. The molecule has 0 saturated carbocycles. The van der Waals surface area contributed by atoms with E-state index >= 15 is 0 Å². The molecule has 0 aliphatic carbocycles. The summed E-state index contributed by atoms with van der Waals surface area (Å²) in [5.74, 6) is 0.664. The highest BCUT2D eigenvalue weighted by molar-refractivity contribution is 9.10. The molecule has 1 aromatic heterocycles. The van der Waals surface area contributed by atoms with E-state index in [9.17, 15) is 0 Å². The van der Waals surface area contributed by atoms with Gasteiger partial charge >= 0.3 is 0 Å². The molecule has 2 N–H and O–H groups in total. The van der Waals surface area contributed by atoms with Crippen molar-refractivity contribution in [2.24, 2.45) is 5.73 Å². The van der Waals surface area contributed by atoms with Crippen molar-refractivity contribution in [2.45, 2.75) is 6.54 Å².